The topological polar surface area (TPSA) is 41.0 Å². The molecule has 0 fully saturated rings. The molecule has 4 heteroatoms. The molecule has 1 aromatic heterocycles. The minimum Gasteiger partial charge on any atom is -0.375 e. The van der Waals surface area contributed by atoms with E-state index in [1.165, 1.54) is 5.69 Å². The molecule has 0 aliphatic heterocycles. The van der Waals surface area contributed by atoms with Crippen LogP contribution in [0.1, 0.15) is 12.2 Å². The van der Waals surface area contributed by atoms with Gasteiger partial charge in [0.25, 0.3) is 0 Å². The van der Waals surface area contributed by atoms with E-state index in [4.69, 9.17) is 0 Å². The van der Waals surface area contributed by atoms with Crippen molar-refractivity contribution in [1.82, 2.24) is 15.3 Å². The van der Waals surface area contributed by atoms with Crippen LogP contribution in [0, 0.1) is 0 Å². The number of nitrogens with zero attached hydrogens (tertiary/aromatic N) is 3. The Morgan fingerprint density at radius 2 is 1.79 bits per heavy atom. The van der Waals surface area contributed by atoms with Gasteiger partial charge in [0.15, 0.2) is 0 Å². The number of anilines is 1. The van der Waals surface area contributed by atoms with Crippen molar-refractivity contribution in [3.63, 3.8) is 0 Å². The molecule has 0 aliphatic carbocycles. The van der Waals surface area contributed by atoms with E-state index in [2.05, 4.69) is 51.5 Å². The van der Waals surface area contributed by atoms with Crippen molar-refractivity contribution in [2.24, 2.45) is 0 Å². The van der Waals surface area contributed by atoms with Gasteiger partial charge in [0.1, 0.15) is 5.82 Å². The van der Waals surface area contributed by atoms with Crippen LogP contribution in [0.4, 0.5) is 5.69 Å². The molecule has 100 valence electrons. The van der Waals surface area contributed by atoms with Crippen molar-refractivity contribution >= 4 is 5.69 Å². The van der Waals surface area contributed by atoms with E-state index < -0.39 is 0 Å². The van der Waals surface area contributed by atoms with Crippen LogP contribution in [0.2, 0.25) is 0 Å². The SMILES string of the molecule is CN(CCCNCc1ncccn1)c1ccccc1. The van der Waals surface area contributed by atoms with Crippen LogP contribution in [0.3, 0.4) is 0 Å². The molecular weight excluding hydrogens is 236 g/mol. The highest BCUT2D eigenvalue weighted by molar-refractivity contribution is 5.44. The molecule has 0 spiro atoms. The van der Waals surface area contributed by atoms with Gasteiger partial charge >= 0.3 is 0 Å². The van der Waals surface area contributed by atoms with Crippen molar-refractivity contribution in [3.8, 4) is 0 Å². The monoisotopic (exact) mass is 256 g/mol. The average molecular weight is 256 g/mol. The molecule has 2 rings (SSSR count). The number of hydrogen-bond donors (Lipinski definition) is 1. The van der Waals surface area contributed by atoms with Gasteiger partial charge in [0.2, 0.25) is 0 Å². The predicted molar refractivity (Wildman–Crippen MR) is 78.1 cm³/mol. The zero-order chi connectivity index (χ0) is 13.3. The summed E-state index contributed by atoms with van der Waals surface area (Å²) in [6, 6.07) is 12.3. The minimum absolute atomic E-state index is 0.732. The lowest BCUT2D eigenvalue weighted by molar-refractivity contribution is 0.627. The van der Waals surface area contributed by atoms with Crippen molar-refractivity contribution in [2.75, 3.05) is 25.0 Å². The number of aromatic nitrogens is 2. The van der Waals surface area contributed by atoms with Crippen molar-refractivity contribution in [1.29, 1.82) is 0 Å². The molecule has 0 amide bonds. The first-order valence-electron chi connectivity index (χ1n) is 6.59. The van der Waals surface area contributed by atoms with Gasteiger partial charge in [-0.3, -0.25) is 0 Å². The molecular formula is C15H20N4. The van der Waals surface area contributed by atoms with Gasteiger partial charge in [0, 0.05) is 31.7 Å². The third-order valence-electron chi connectivity index (χ3n) is 2.95. The van der Waals surface area contributed by atoms with Gasteiger partial charge in [-0.15, -0.1) is 0 Å². The molecule has 4 nitrogen and oxygen atoms in total. The Bertz CT molecular complexity index is 458. The Balaban J connectivity index is 1.62. The second kappa shape index (κ2) is 7.48. The van der Waals surface area contributed by atoms with Crippen LogP contribution in [-0.2, 0) is 6.54 Å². The summed E-state index contributed by atoms with van der Waals surface area (Å²) in [5.74, 6) is 0.846. The molecule has 1 heterocycles. The van der Waals surface area contributed by atoms with E-state index in [0.29, 0.717) is 0 Å². The summed E-state index contributed by atoms with van der Waals surface area (Å²) in [6.07, 6.45) is 4.64. The van der Waals surface area contributed by atoms with Gasteiger partial charge in [-0.2, -0.15) is 0 Å². The highest BCUT2D eigenvalue weighted by Crippen LogP contribution is 2.10. The van der Waals surface area contributed by atoms with E-state index in [9.17, 15) is 0 Å². The van der Waals surface area contributed by atoms with Crippen LogP contribution in [-0.4, -0.2) is 30.1 Å². The Kier molecular flexibility index (Phi) is 5.31. The maximum Gasteiger partial charge on any atom is 0.141 e. The first-order valence-corrected chi connectivity index (χ1v) is 6.59. The zero-order valence-electron chi connectivity index (χ0n) is 11.3. The number of para-hydroxylation sites is 1. The molecule has 0 saturated heterocycles. The largest absolute Gasteiger partial charge is 0.375 e. The standard InChI is InChI=1S/C15H20N4/c1-19(14-7-3-2-4-8-14)12-6-9-16-13-15-17-10-5-11-18-15/h2-5,7-8,10-11,16H,6,9,12-13H2,1H3. The maximum absolute atomic E-state index is 4.18. The van der Waals surface area contributed by atoms with Crippen molar-refractivity contribution in [3.05, 3.63) is 54.6 Å². The minimum atomic E-state index is 0.732. The lowest BCUT2D eigenvalue weighted by Crippen LogP contribution is -2.24. The summed E-state index contributed by atoms with van der Waals surface area (Å²) in [6.45, 7) is 2.73. The van der Waals surface area contributed by atoms with Gasteiger partial charge in [-0.25, -0.2) is 9.97 Å². The predicted octanol–water partition coefficient (Wildman–Crippen LogP) is 2.09. The Morgan fingerprint density at radius 3 is 2.53 bits per heavy atom. The molecule has 19 heavy (non-hydrogen) atoms. The fraction of sp³-hybridized carbons (Fsp3) is 0.333. The third-order valence-corrected chi connectivity index (χ3v) is 2.95. The van der Waals surface area contributed by atoms with Crippen LogP contribution in [0.15, 0.2) is 48.8 Å². The molecule has 0 atom stereocenters. The van der Waals surface area contributed by atoms with Gasteiger partial charge < -0.3 is 10.2 Å². The summed E-state index contributed by atoms with van der Waals surface area (Å²) in [4.78, 5) is 10.6. The van der Waals surface area contributed by atoms with Gasteiger partial charge in [-0.05, 0) is 31.2 Å². The van der Waals surface area contributed by atoms with Crippen LogP contribution < -0.4 is 10.2 Å². The molecule has 0 aliphatic rings. The van der Waals surface area contributed by atoms with E-state index >= 15 is 0 Å². The molecule has 2 aromatic rings. The molecule has 0 saturated carbocycles. The third kappa shape index (κ3) is 4.67. The van der Waals surface area contributed by atoms with Crippen LogP contribution in [0.5, 0.6) is 0 Å². The first-order chi connectivity index (χ1) is 9.36. The fourth-order valence-electron chi connectivity index (χ4n) is 1.87. The number of benzene rings is 1. The lowest BCUT2D eigenvalue weighted by Gasteiger charge is -2.19. The van der Waals surface area contributed by atoms with Crippen LogP contribution >= 0.6 is 0 Å². The normalized spacial score (nSPS) is 10.4. The molecule has 0 bridgehead atoms. The van der Waals surface area contributed by atoms with Crippen LogP contribution in [0.25, 0.3) is 0 Å². The first kappa shape index (κ1) is 13.5. The van der Waals surface area contributed by atoms with E-state index in [0.717, 1.165) is 31.9 Å². The van der Waals surface area contributed by atoms with Gasteiger partial charge in [0.05, 0.1) is 6.54 Å². The zero-order valence-corrected chi connectivity index (χ0v) is 11.3. The van der Waals surface area contributed by atoms with Crippen molar-refractivity contribution in [2.45, 2.75) is 13.0 Å². The summed E-state index contributed by atoms with van der Waals surface area (Å²) in [5, 5.41) is 3.36. The van der Waals surface area contributed by atoms with Gasteiger partial charge in [-0.1, -0.05) is 18.2 Å². The smallest absolute Gasteiger partial charge is 0.141 e. The van der Waals surface area contributed by atoms with Crippen molar-refractivity contribution < 1.29 is 0 Å². The quantitative estimate of drug-likeness (QED) is 0.770. The maximum atomic E-state index is 4.18. The second-order valence-corrected chi connectivity index (χ2v) is 4.45. The summed E-state index contributed by atoms with van der Waals surface area (Å²) >= 11 is 0. The molecule has 0 radical (unpaired) electrons. The number of nitrogens with one attached hydrogen (secondary N) is 1. The lowest BCUT2D eigenvalue weighted by atomic mass is 10.3. The number of rotatable bonds is 7. The second-order valence-electron chi connectivity index (χ2n) is 4.45. The van der Waals surface area contributed by atoms with E-state index in [1.807, 2.05) is 12.1 Å². The Labute approximate surface area is 114 Å². The van der Waals surface area contributed by atoms with E-state index in [1.54, 1.807) is 12.4 Å². The molecule has 1 aromatic carbocycles. The summed E-state index contributed by atoms with van der Waals surface area (Å²) in [7, 11) is 2.12. The number of hydrogen-bond acceptors (Lipinski definition) is 4. The summed E-state index contributed by atoms with van der Waals surface area (Å²) < 4.78 is 0. The van der Waals surface area contributed by atoms with E-state index in [-0.39, 0.29) is 0 Å². The molecule has 0 unspecified atom stereocenters. The fourth-order valence-corrected chi connectivity index (χ4v) is 1.87. The Hall–Kier alpha value is -1.94. The average Bonchev–Trinajstić information content (AvgIpc) is 2.49. The highest BCUT2D eigenvalue weighted by Gasteiger charge is 1.99. The Morgan fingerprint density at radius 1 is 1.05 bits per heavy atom. The molecule has 1 N–H and O–H groups in total. The summed E-state index contributed by atoms with van der Waals surface area (Å²) in [5.41, 5.74) is 1.26. The highest BCUT2D eigenvalue weighted by atomic mass is 15.1.